The van der Waals surface area contributed by atoms with Crippen LogP contribution in [-0.4, -0.2) is 40.6 Å². The lowest BCUT2D eigenvalue weighted by Crippen LogP contribution is -2.43. The number of esters is 1. The second-order valence-corrected chi connectivity index (χ2v) is 6.28. The predicted molar refractivity (Wildman–Crippen MR) is 89.0 cm³/mol. The molecule has 3 N–H and O–H groups in total. The second kappa shape index (κ2) is 7.18. The molecule has 24 heavy (non-hydrogen) atoms. The second-order valence-electron chi connectivity index (χ2n) is 5.91. The zero-order valence-corrected chi connectivity index (χ0v) is 13.8. The van der Waals surface area contributed by atoms with Crippen LogP contribution in [0.5, 0.6) is 0 Å². The molecule has 126 valence electrons. The number of nitriles is 1. The van der Waals surface area contributed by atoms with Crippen LogP contribution in [0.3, 0.4) is 0 Å². The number of halogens is 1. The zero-order chi connectivity index (χ0) is 17.1. The Balaban J connectivity index is 1.59. The van der Waals surface area contributed by atoms with Gasteiger partial charge in [-0.05, 0) is 18.9 Å². The van der Waals surface area contributed by atoms with E-state index in [-0.39, 0.29) is 18.5 Å². The third-order valence-electron chi connectivity index (χ3n) is 4.17. The van der Waals surface area contributed by atoms with Gasteiger partial charge >= 0.3 is 5.97 Å². The van der Waals surface area contributed by atoms with Crippen LogP contribution in [0.15, 0.2) is 12.3 Å². The summed E-state index contributed by atoms with van der Waals surface area (Å²) in [6.45, 7) is 1.63. The molecular formula is C16H18ClN5O2. The molecule has 2 aromatic heterocycles. The molecular weight excluding hydrogens is 330 g/mol. The van der Waals surface area contributed by atoms with E-state index in [9.17, 15) is 4.79 Å². The number of aromatic nitrogens is 2. The van der Waals surface area contributed by atoms with Gasteiger partial charge in [0.25, 0.3) is 0 Å². The first kappa shape index (κ1) is 16.7. The highest BCUT2D eigenvalue weighted by molar-refractivity contribution is 6.36. The molecule has 2 aromatic rings. The Morgan fingerprint density at radius 2 is 2.46 bits per heavy atom. The minimum absolute atomic E-state index is 0.152. The molecule has 0 spiro atoms. The first-order chi connectivity index (χ1) is 11.6. The highest BCUT2D eigenvalue weighted by atomic mass is 35.5. The summed E-state index contributed by atoms with van der Waals surface area (Å²) in [7, 11) is 0. The molecule has 7 nitrogen and oxygen atoms in total. The maximum Gasteiger partial charge on any atom is 0.310 e. The van der Waals surface area contributed by atoms with Crippen molar-refractivity contribution in [2.75, 3.05) is 19.7 Å². The fraction of sp³-hybridized carbons (Fsp3) is 0.438. The first-order valence-corrected chi connectivity index (χ1v) is 8.18. The number of piperidine rings is 1. The number of ether oxygens (including phenoxy) is 1. The van der Waals surface area contributed by atoms with Gasteiger partial charge in [-0.3, -0.25) is 10.6 Å². The van der Waals surface area contributed by atoms with Gasteiger partial charge in [0.15, 0.2) is 0 Å². The van der Waals surface area contributed by atoms with E-state index in [1.807, 2.05) is 12.1 Å². The monoisotopic (exact) mass is 347 g/mol. The Bertz CT molecular complexity index is 798. The third kappa shape index (κ3) is 3.51. The SMILES string of the molecule is N#Cc1cnc2[nH]c(CCOC(=O)[C@H]3CCCN(N)C3)cc2c1Cl. The molecule has 1 saturated heterocycles. The van der Waals surface area contributed by atoms with Gasteiger partial charge in [-0.15, -0.1) is 0 Å². The Morgan fingerprint density at radius 1 is 1.62 bits per heavy atom. The van der Waals surface area contributed by atoms with Crippen molar-refractivity contribution in [3.05, 3.63) is 28.5 Å². The summed E-state index contributed by atoms with van der Waals surface area (Å²) in [5.74, 6) is 5.39. The zero-order valence-electron chi connectivity index (χ0n) is 13.1. The van der Waals surface area contributed by atoms with Crippen LogP contribution in [0.1, 0.15) is 24.1 Å². The largest absolute Gasteiger partial charge is 0.465 e. The molecule has 0 radical (unpaired) electrons. The summed E-state index contributed by atoms with van der Waals surface area (Å²) >= 11 is 6.17. The van der Waals surface area contributed by atoms with Crippen molar-refractivity contribution in [2.24, 2.45) is 11.8 Å². The molecule has 8 heteroatoms. The number of nitrogens with two attached hydrogens (primary N) is 1. The summed E-state index contributed by atoms with van der Waals surface area (Å²) < 4.78 is 5.36. The number of hydrazine groups is 1. The molecule has 1 fully saturated rings. The number of hydrogen-bond donors (Lipinski definition) is 2. The number of rotatable bonds is 4. The highest BCUT2D eigenvalue weighted by Crippen LogP contribution is 2.26. The predicted octanol–water partition coefficient (Wildman–Crippen LogP) is 1.76. The Hall–Kier alpha value is -2.14. The average Bonchev–Trinajstić information content (AvgIpc) is 2.99. The summed E-state index contributed by atoms with van der Waals surface area (Å²) in [5, 5.41) is 11.7. The molecule has 0 amide bonds. The van der Waals surface area contributed by atoms with E-state index in [0.717, 1.165) is 25.1 Å². The lowest BCUT2D eigenvalue weighted by molar-refractivity contribution is -0.150. The minimum atomic E-state index is -0.204. The lowest BCUT2D eigenvalue weighted by atomic mass is 9.99. The number of carbonyl (C=O) groups is 1. The molecule has 3 heterocycles. The van der Waals surface area contributed by atoms with E-state index in [1.165, 1.54) is 6.20 Å². The number of carbonyl (C=O) groups excluding carboxylic acids is 1. The van der Waals surface area contributed by atoms with Crippen LogP contribution in [0.4, 0.5) is 0 Å². The Labute approximate surface area is 144 Å². The van der Waals surface area contributed by atoms with Gasteiger partial charge in [0, 0.05) is 36.8 Å². The van der Waals surface area contributed by atoms with Gasteiger partial charge in [-0.1, -0.05) is 11.6 Å². The van der Waals surface area contributed by atoms with E-state index in [1.54, 1.807) is 5.01 Å². The maximum absolute atomic E-state index is 12.1. The molecule has 1 aliphatic heterocycles. The van der Waals surface area contributed by atoms with Gasteiger partial charge in [0.1, 0.15) is 11.7 Å². The van der Waals surface area contributed by atoms with E-state index < -0.39 is 0 Å². The molecule has 0 aromatic carbocycles. The van der Waals surface area contributed by atoms with Crippen LogP contribution in [0.25, 0.3) is 11.0 Å². The van der Waals surface area contributed by atoms with Gasteiger partial charge in [0.05, 0.1) is 23.1 Å². The third-order valence-corrected chi connectivity index (χ3v) is 4.58. The van der Waals surface area contributed by atoms with Crippen LogP contribution in [-0.2, 0) is 16.0 Å². The first-order valence-electron chi connectivity index (χ1n) is 7.81. The van der Waals surface area contributed by atoms with Crippen LogP contribution in [0.2, 0.25) is 5.02 Å². The quantitative estimate of drug-likeness (QED) is 0.644. The molecule has 0 saturated carbocycles. The molecule has 0 aliphatic carbocycles. The lowest BCUT2D eigenvalue weighted by Gasteiger charge is -2.27. The van der Waals surface area contributed by atoms with Crippen LogP contribution >= 0.6 is 11.6 Å². The topological polar surface area (TPSA) is 108 Å². The highest BCUT2D eigenvalue weighted by Gasteiger charge is 2.25. The number of fused-ring (bicyclic) bond motifs is 1. The molecule has 0 unspecified atom stereocenters. The van der Waals surface area contributed by atoms with Crippen LogP contribution in [0, 0.1) is 17.2 Å². The van der Waals surface area contributed by atoms with Crippen molar-refractivity contribution in [1.29, 1.82) is 5.26 Å². The number of nitrogens with zero attached hydrogens (tertiary/aromatic N) is 3. The fourth-order valence-electron chi connectivity index (χ4n) is 2.89. The van der Waals surface area contributed by atoms with Gasteiger partial charge in [-0.25, -0.2) is 9.99 Å². The van der Waals surface area contributed by atoms with Gasteiger partial charge in [0.2, 0.25) is 0 Å². The van der Waals surface area contributed by atoms with Gasteiger partial charge in [-0.2, -0.15) is 5.26 Å². The molecule has 3 rings (SSSR count). The number of hydrogen-bond acceptors (Lipinski definition) is 6. The molecule has 1 atom stereocenters. The van der Waals surface area contributed by atoms with Crippen molar-refractivity contribution in [3.8, 4) is 6.07 Å². The van der Waals surface area contributed by atoms with Crippen molar-refractivity contribution in [3.63, 3.8) is 0 Å². The maximum atomic E-state index is 12.1. The van der Waals surface area contributed by atoms with Crippen molar-refractivity contribution in [2.45, 2.75) is 19.3 Å². The van der Waals surface area contributed by atoms with E-state index in [2.05, 4.69) is 9.97 Å². The minimum Gasteiger partial charge on any atom is -0.465 e. The number of nitrogens with one attached hydrogen (secondary N) is 1. The fourth-order valence-corrected chi connectivity index (χ4v) is 3.12. The number of H-pyrrole nitrogens is 1. The molecule has 1 aliphatic rings. The van der Waals surface area contributed by atoms with Crippen molar-refractivity contribution >= 4 is 28.6 Å². The summed E-state index contributed by atoms with van der Waals surface area (Å²) in [4.78, 5) is 19.4. The number of aromatic amines is 1. The average molecular weight is 348 g/mol. The standard InChI is InChI=1S/C16H18ClN5O2/c17-14-11(7-18)8-20-15-13(14)6-12(21-15)3-5-24-16(23)10-2-1-4-22(19)9-10/h6,8,10H,1-5,9,19H2,(H,20,21)/t10-/m0/s1. The Morgan fingerprint density at radius 3 is 3.21 bits per heavy atom. The smallest absolute Gasteiger partial charge is 0.310 e. The van der Waals surface area contributed by atoms with Gasteiger partial charge < -0.3 is 9.72 Å². The van der Waals surface area contributed by atoms with Crippen molar-refractivity contribution in [1.82, 2.24) is 15.0 Å². The molecule has 0 bridgehead atoms. The normalized spacial score (nSPS) is 18.5. The summed E-state index contributed by atoms with van der Waals surface area (Å²) in [6, 6.07) is 3.84. The van der Waals surface area contributed by atoms with E-state index >= 15 is 0 Å². The number of pyridine rings is 1. The Kier molecular flexibility index (Phi) is 5.00. The summed E-state index contributed by atoms with van der Waals surface area (Å²) in [6.07, 6.45) is 3.69. The summed E-state index contributed by atoms with van der Waals surface area (Å²) in [5.41, 5.74) is 1.81. The van der Waals surface area contributed by atoms with Crippen LogP contribution < -0.4 is 5.84 Å². The van der Waals surface area contributed by atoms with E-state index in [0.29, 0.717) is 34.6 Å². The van der Waals surface area contributed by atoms with E-state index in [4.69, 9.17) is 27.4 Å². The van der Waals surface area contributed by atoms with Crippen molar-refractivity contribution < 1.29 is 9.53 Å².